The molecule has 0 aliphatic rings. The molecule has 6 atom stereocenters. The number of hydrogen-bond donors (Lipinski definition) is 13. The number of alkyl carbamates (subject to hydrolysis) is 1. The molecule has 17 N–H and O–H groups in total. The summed E-state index contributed by atoms with van der Waals surface area (Å²) in [6.07, 6.45) is 20.6. The van der Waals surface area contributed by atoms with Crippen molar-refractivity contribution < 1.29 is 54.7 Å². The van der Waals surface area contributed by atoms with Crippen LogP contribution in [0.25, 0.3) is 0 Å². The highest BCUT2D eigenvalue weighted by molar-refractivity contribution is 7.99. The standard InChI is InChI=1S/C54H105N11O11S/c1-3-5-7-8-9-10-11-12-13-14-15-16-17-31-47(67)60-46(40-77-38-36-59-54(75)76-37-26-6-4-2)52(72)65-45(39-66)51(71)63-42(28-19-23-33-56)49(69)61-41(27-18-22-32-55)48(68)62-43(29-20-24-34-57)50(70)64-44(53(73)74)30-21-25-35-58/h41-46,66H,3-40,55-58H2,1-2H3,(H,59,75)(H,60,67)(H,61,69)(H,62,68)(H,63,71)(H,64,70)(H,65,72)(H,73,74)/t41-,42-,43-,44-,45-,46-/m0/s1/i/hD. The first-order valence-electron chi connectivity index (χ1n) is 29.6. The molecule has 0 aromatic carbocycles. The molecule has 0 aliphatic carbocycles. The third kappa shape index (κ3) is 38.8. The van der Waals surface area contributed by atoms with E-state index < -0.39 is 90.4 Å². The van der Waals surface area contributed by atoms with Gasteiger partial charge in [-0.05, 0) is 116 Å². The van der Waals surface area contributed by atoms with Crippen LogP contribution in [0.4, 0.5) is 4.79 Å². The van der Waals surface area contributed by atoms with Gasteiger partial charge in [-0.1, -0.05) is 104 Å². The molecule has 0 aliphatic heterocycles. The number of carboxylic acid groups (broad SMARTS) is 1. The number of carboxylic acids is 1. The summed E-state index contributed by atoms with van der Waals surface area (Å²) >= 11 is 1.19. The summed E-state index contributed by atoms with van der Waals surface area (Å²) in [7, 11) is 0. The Bertz CT molecular complexity index is 1650. The van der Waals surface area contributed by atoms with E-state index in [2.05, 4.69) is 38.8 Å². The molecule has 0 rings (SSSR count). The van der Waals surface area contributed by atoms with E-state index in [4.69, 9.17) is 29.1 Å². The number of rotatable bonds is 52. The Morgan fingerprint density at radius 1 is 0.481 bits per heavy atom. The molecule has 0 aromatic heterocycles. The Morgan fingerprint density at radius 3 is 1.26 bits per heavy atom. The van der Waals surface area contributed by atoms with Crippen molar-refractivity contribution in [1.82, 2.24) is 37.2 Å². The van der Waals surface area contributed by atoms with Gasteiger partial charge in [0, 0.05) is 24.5 Å². The highest BCUT2D eigenvalue weighted by Gasteiger charge is 2.33. The SMILES string of the molecule is [2H]N(C(=O)CCCCCCCCCCCCCCC)[C@@H](CSCCNC(=O)OCCCCC)C(=O)N[C@@H](CO)C(=O)N[C@@H](CCCCN)C(=O)N[C@@H](CCCCN)C(=O)N[C@@H](CCCCN)C(=O)N[C@@H](CCCCN)C(=O)O. The van der Waals surface area contributed by atoms with Crippen molar-refractivity contribution in [3.8, 4) is 0 Å². The molecule has 23 heteroatoms. The first kappa shape index (κ1) is 70.7. The lowest BCUT2D eigenvalue weighted by Crippen LogP contribution is -2.60. The van der Waals surface area contributed by atoms with Gasteiger partial charge in [0.2, 0.25) is 35.4 Å². The van der Waals surface area contributed by atoms with Gasteiger partial charge >= 0.3 is 12.1 Å². The number of thioether (sulfide) groups is 1. The van der Waals surface area contributed by atoms with E-state index in [1.54, 1.807) is 0 Å². The zero-order chi connectivity index (χ0) is 58.2. The van der Waals surface area contributed by atoms with Crippen LogP contribution in [0.2, 0.25) is 1.41 Å². The summed E-state index contributed by atoms with van der Waals surface area (Å²) in [5.74, 6) is -5.72. The van der Waals surface area contributed by atoms with E-state index in [0.29, 0.717) is 81.9 Å². The summed E-state index contributed by atoms with van der Waals surface area (Å²) in [6, 6.07) is -7.99. The second kappa shape index (κ2) is 50.0. The number of unbranched alkanes of at least 4 members (excludes halogenated alkanes) is 18. The van der Waals surface area contributed by atoms with Gasteiger partial charge in [0.1, 0.15) is 36.3 Å². The third-order valence-electron chi connectivity index (χ3n) is 13.0. The van der Waals surface area contributed by atoms with Crippen LogP contribution >= 0.6 is 11.8 Å². The quantitative estimate of drug-likeness (QED) is 0.0387. The maximum absolute atomic E-state index is 14.1. The number of nitrogens with one attached hydrogen (secondary N) is 7. The van der Waals surface area contributed by atoms with Crippen LogP contribution < -0.4 is 60.1 Å². The van der Waals surface area contributed by atoms with Gasteiger partial charge in [0.25, 0.3) is 0 Å². The Kier molecular flexibility index (Phi) is 45.9. The number of ether oxygens (including phenoxy) is 1. The van der Waals surface area contributed by atoms with E-state index >= 15 is 0 Å². The minimum absolute atomic E-state index is 0.0266. The Labute approximate surface area is 466 Å². The van der Waals surface area contributed by atoms with Crippen LogP contribution in [0.3, 0.4) is 0 Å². The minimum atomic E-state index is -1.63. The van der Waals surface area contributed by atoms with Crippen LogP contribution in [-0.2, 0) is 38.3 Å². The molecule has 0 saturated carbocycles. The van der Waals surface area contributed by atoms with Gasteiger partial charge in [-0.3, -0.25) is 28.8 Å². The summed E-state index contributed by atoms with van der Waals surface area (Å²) in [4.78, 5) is 107. The lowest BCUT2D eigenvalue weighted by atomic mass is 10.0. The maximum Gasteiger partial charge on any atom is 0.407 e. The molecular weight excluding hydrogens is 1010 g/mol. The fourth-order valence-corrected chi connectivity index (χ4v) is 9.14. The fourth-order valence-electron chi connectivity index (χ4n) is 8.28. The van der Waals surface area contributed by atoms with E-state index in [0.717, 1.165) is 44.9 Å². The van der Waals surface area contributed by atoms with E-state index in [9.17, 15) is 48.6 Å². The van der Waals surface area contributed by atoms with Crippen molar-refractivity contribution in [2.75, 3.05) is 57.4 Å². The molecule has 77 heavy (non-hydrogen) atoms. The molecule has 0 radical (unpaired) electrons. The summed E-state index contributed by atoms with van der Waals surface area (Å²) in [6.45, 7) is 5.01. The molecule has 0 saturated heterocycles. The molecule has 0 bridgehead atoms. The summed E-state index contributed by atoms with van der Waals surface area (Å²) in [5.41, 5.74) is 22.8. The summed E-state index contributed by atoms with van der Waals surface area (Å²) in [5, 5.41) is 36.5. The number of carbonyl (C=O) groups excluding carboxylic acids is 7. The molecule has 7 amide bonds. The molecular formula is C54H105N11O11S. The van der Waals surface area contributed by atoms with Gasteiger partial charge < -0.3 is 75.1 Å². The average molecular weight is 1120 g/mol. The van der Waals surface area contributed by atoms with E-state index in [1.165, 1.54) is 63.1 Å². The minimum Gasteiger partial charge on any atom is -0.480 e. The van der Waals surface area contributed by atoms with Gasteiger partial charge in [-0.2, -0.15) is 11.8 Å². The third-order valence-corrected chi connectivity index (χ3v) is 14.0. The smallest absolute Gasteiger partial charge is 0.407 e. The number of hydrogen-bond acceptors (Lipinski definition) is 15. The topological polar surface area (TPSA) is 375 Å². The number of amides is 7. The van der Waals surface area contributed by atoms with Crippen molar-refractivity contribution in [3.63, 3.8) is 0 Å². The highest BCUT2D eigenvalue weighted by atomic mass is 32.2. The Morgan fingerprint density at radius 2 is 0.844 bits per heavy atom. The van der Waals surface area contributed by atoms with Gasteiger partial charge in [-0.15, -0.1) is 0 Å². The van der Waals surface area contributed by atoms with Gasteiger partial charge in [0.15, 0.2) is 1.41 Å². The summed E-state index contributed by atoms with van der Waals surface area (Å²) < 4.78 is 14.0. The van der Waals surface area contributed by atoms with Crippen molar-refractivity contribution in [1.29, 1.82) is 0 Å². The monoisotopic (exact) mass is 1120 g/mol. The second-order valence-electron chi connectivity index (χ2n) is 19.8. The van der Waals surface area contributed by atoms with E-state index in [-0.39, 0.29) is 64.1 Å². The predicted molar refractivity (Wildman–Crippen MR) is 304 cm³/mol. The van der Waals surface area contributed by atoms with Crippen molar-refractivity contribution >= 4 is 59.3 Å². The first-order chi connectivity index (χ1) is 37.6. The normalized spacial score (nSPS) is 13.7. The Hall–Kier alpha value is -4.29. The molecule has 448 valence electrons. The molecule has 0 unspecified atom stereocenters. The van der Waals surface area contributed by atoms with Crippen molar-refractivity contribution in [3.05, 3.63) is 0 Å². The fraction of sp³-hybridized carbons (Fsp3) is 0.852. The van der Waals surface area contributed by atoms with Gasteiger partial charge in [-0.25, -0.2) is 9.59 Å². The lowest BCUT2D eigenvalue weighted by Gasteiger charge is -2.27. The van der Waals surface area contributed by atoms with E-state index in [1.807, 2.05) is 6.92 Å². The van der Waals surface area contributed by atoms with Crippen LogP contribution in [0.15, 0.2) is 0 Å². The maximum atomic E-state index is 14.1. The van der Waals surface area contributed by atoms with Crippen molar-refractivity contribution in [2.24, 2.45) is 22.9 Å². The molecule has 22 nitrogen and oxygen atoms in total. The first-order valence-corrected chi connectivity index (χ1v) is 30.3. The van der Waals surface area contributed by atoms with Crippen LogP contribution in [0, 0.1) is 0 Å². The highest BCUT2D eigenvalue weighted by Crippen LogP contribution is 2.14. The lowest BCUT2D eigenvalue weighted by molar-refractivity contribution is -0.142. The number of aliphatic hydroxyl groups excluding tert-OH is 1. The number of nitrogens with two attached hydrogens (primary N) is 4. The average Bonchev–Trinajstić information content (AvgIpc) is 3.42. The predicted octanol–water partition coefficient (Wildman–Crippen LogP) is 3.62. The zero-order valence-electron chi connectivity index (χ0n) is 48.1. The van der Waals surface area contributed by atoms with Gasteiger partial charge in [0.05, 0.1) is 13.2 Å². The molecule has 0 heterocycles. The van der Waals surface area contributed by atoms with Crippen LogP contribution in [0.5, 0.6) is 0 Å². The second-order valence-corrected chi connectivity index (χ2v) is 21.0. The van der Waals surface area contributed by atoms with Crippen LogP contribution in [0.1, 0.15) is 200 Å². The molecule has 0 fully saturated rings. The Balaban J connectivity index is 6.22. The molecule has 0 spiro atoms. The van der Waals surface area contributed by atoms with Crippen LogP contribution in [-0.4, -0.2) is 151 Å². The zero-order valence-corrected chi connectivity index (χ0v) is 47.9. The number of aliphatic carboxylic acids is 1. The van der Waals surface area contributed by atoms with Crippen molar-refractivity contribution in [2.45, 2.75) is 236 Å². The molecule has 0 aromatic rings. The number of carbonyl (C=O) groups is 8. The largest absolute Gasteiger partial charge is 0.480 e. The number of aliphatic hydroxyl groups is 1.